The molecule has 17 heavy (non-hydrogen) atoms. The Hall–Kier alpha value is -1.45. The number of hydrogen-bond donors (Lipinski definition) is 1. The lowest BCUT2D eigenvalue weighted by Crippen LogP contribution is -2.26. The molecule has 0 aliphatic carbocycles. The van der Waals surface area contributed by atoms with Crippen molar-refractivity contribution in [1.29, 1.82) is 0 Å². The van der Waals surface area contributed by atoms with Gasteiger partial charge in [-0.2, -0.15) is 0 Å². The number of aromatic nitrogens is 1. The number of hydrogen-bond acceptors (Lipinski definition) is 3. The highest BCUT2D eigenvalue weighted by atomic mass is 15.1. The number of likely N-dealkylation sites (N-methyl/N-ethyl adjacent to an activating group) is 1. The molecule has 0 fully saturated rings. The molecule has 0 saturated heterocycles. The molecule has 0 amide bonds. The molecule has 0 saturated carbocycles. The van der Waals surface area contributed by atoms with Crippen LogP contribution in [-0.2, 0) is 6.54 Å². The van der Waals surface area contributed by atoms with E-state index in [1.807, 2.05) is 12.4 Å². The fourth-order valence-corrected chi connectivity index (χ4v) is 1.78. The molecule has 1 aromatic heterocycles. The van der Waals surface area contributed by atoms with Crippen molar-refractivity contribution in [3.63, 3.8) is 0 Å². The largest absolute Gasteiger partial charge is 0.311 e. The Labute approximate surface area is 102 Å². The number of pyridine rings is 1. The molecule has 0 radical (unpaired) electrons. The van der Waals surface area contributed by atoms with Crippen molar-refractivity contribution in [2.75, 3.05) is 27.2 Å². The van der Waals surface area contributed by atoms with E-state index >= 15 is 0 Å². The lowest BCUT2D eigenvalue weighted by molar-refractivity contribution is 0.400. The Morgan fingerprint density at radius 1 is 1.18 bits per heavy atom. The monoisotopic (exact) mass is 229 g/mol. The van der Waals surface area contributed by atoms with Crippen molar-refractivity contribution in [3.05, 3.63) is 42.2 Å². The van der Waals surface area contributed by atoms with E-state index in [0.717, 1.165) is 19.6 Å². The maximum Gasteiger partial charge on any atom is 0.0346 e. The average Bonchev–Trinajstić information content (AvgIpc) is 2.34. The highest BCUT2D eigenvalue weighted by Gasteiger charge is 1.96. The van der Waals surface area contributed by atoms with Crippen LogP contribution < -0.4 is 5.32 Å². The van der Waals surface area contributed by atoms with Gasteiger partial charge >= 0.3 is 0 Å². The van der Waals surface area contributed by atoms with Crippen molar-refractivity contribution in [2.24, 2.45) is 0 Å². The van der Waals surface area contributed by atoms with Gasteiger partial charge in [0.15, 0.2) is 0 Å². The first-order valence-electron chi connectivity index (χ1n) is 5.94. The maximum atomic E-state index is 4.12. The second-order valence-corrected chi connectivity index (χ2v) is 4.54. The van der Waals surface area contributed by atoms with Crippen LogP contribution in [0.2, 0.25) is 0 Å². The molecule has 1 aromatic carbocycles. The van der Waals surface area contributed by atoms with Crippen LogP contribution in [-0.4, -0.2) is 37.1 Å². The third-order valence-corrected chi connectivity index (χ3v) is 2.77. The topological polar surface area (TPSA) is 28.2 Å². The zero-order valence-electron chi connectivity index (χ0n) is 10.5. The fraction of sp³-hybridized carbons (Fsp3) is 0.357. The second kappa shape index (κ2) is 5.75. The fourth-order valence-electron chi connectivity index (χ4n) is 1.78. The smallest absolute Gasteiger partial charge is 0.0346 e. The number of benzene rings is 1. The van der Waals surface area contributed by atoms with Gasteiger partial charge < -0.3 is 10.2 Å². The standard InChI is InChI=1S/C14H19N3/c1-17(2)8-7-16-10-12-3-4-14-11-15-6-5-13(14)9-12/h3-6,9,11,16H,7-8,10H2,1-2H3. The Morgan fingerprint density at radius 3 is 2.88 bits per heavy atom. The first-order chi connectivity index (χ1) is 8.25. The summed E-state index contributed by atoms with van der Waals surface area (Å²) in [4.78, 5) is 6.30. The Bertz CT molecular complexity index is 480. The van der Waals surface area contributed by atoms with E-state index in [-0.39, 0.29) is 0 Å². The first kappa shape index (κ1) is 12.0. The molecule has 1 N–H and O–H groups in total. The van der Waals surface area contributed by atoms with E-state index in [1.54, 1.807) is 0 Å². The summed E-state index contributed by atoms with van der Waals surface area (Å²) >= 11 is 0. The van der Waals surface area contributed by atoms with E-state index in [2.05, 4.69) is 53.6 Å². The maximum absolute atomic E-state index is 4.12. The summed E-state index contributed by atoms with van der Waals surface area (Å²) in [5.41, 5.74) is 1.32. The highest BCUT2D eigenvalue weighted by Crippen LogP contribution is 2.14. The van der Waals surface area contributed by atoms with Gasteiger partial charge in [-0.1, -0.05) is 12.1 Å². The zero-order valence-corrected chi connectivity index (χ0v) is 10.5. The third-order valence-electron chi connectivity index (χ3n) is 2.77. The molecule has 3 nitrogen and oxygen atoms in total. The van der Waals surface area contributed by atoms with Gasteiger partial charge in [0.2, 0.25) is 0 Å². The van der Waals surface area contributed by atoms with Crippen molar-refractivity contribution in [1.82, 2.24) is 15.2 Å². The SMILES string of the molecule is CN(C)CCNCc1ccc2cnccc2c1. The summed E-state index contributed by atoms with van der Waals surface area (Å²) in [7, 11) is 4.18. The van der Waals surface area contributed by atoms with Crippen LogP contribution in [0.5, 0.6) is 0 Å². The van der Waals surface area contributed by atoms with E-state index in [9.17, 15) is 0 Å². The van der Waals surface area contributed by atoms with Gasteiger partial charge in [-0.3, -0.25) is 4.98 Å². The molecule has 3 heteroatoms. The van der Waals surface area contributed by atoms with Gasteiger partial charge in [0.1, 0.15) is 0 Å². The second-order valence-electron chi connectivity index (χ2n) is 4.54. The lowest BCUT2D eigenvalue weighted by atomic mass is 10.1. The molecular formula is C14H19N3. The quantitative estimate of drug-likeness (QED) is 0.794. The van der Waals surface area contributed by atoms with Crippen molar-refractivity contribution >= 4 is 10.8 Å². The van der Waals surface area contributed by atoms with Gasteiger partial charge in [0, 0.05) is 37.4 Å². The zero-order chi connectivity index (χ0) is 12.1. The number of nitrogens with zero attached hydrogens (tertiary/aromatic N) is 2. The van der Waals surface area contributed by atoms with E-state index in [0.29, 0.717) is 0 Å². The van der Waals surface area contributed by atoms with Crippen LogP contribution in [0.15, 0.2) is 36.7 Å². The molecule has 0 aliphatic heterocycles. The average molecular weight is 229 g/mol. The number of rotatable bonds is 5. The predicted octanol–water partition coefficient (Wildman–Crippen LogP) is 1.89. The minimum absolute atomic E-state index is 0.923. The molecule has 0 unspecified atom stereocenters. The molecule has 2 rings (SSSR count). The summed E-state index contributed by atoms with van der Waals surface area (Å²) in [5, 5.41) is 5.90. The number of fused-ring (bicyclic) bond motifs is 1. The summed E-state index contributed by atoms with van der Waals surface area (Å²) < 4.78 is 0. The Balaban J connectivity index is 1.95. The summed E-state index contributed by atoms with van der Waals surface area (Å²) in [6, 6.07) is 8.57. The van der Waals surface area contributed by atoms with Crippen LogP contribution in [0.25, 0.3) is 10.8 Å². The van der Waals surface area contributed by atoms with Crippen molar-refractivity contribution in [2.45, 2.75) is 6.54 Å². The minimum Gasteiger partial charge on any atom is -0.311 e. The molecular weight excluding hydrogens is 210 g/mol. The van der Waals surface area contributed by atoms with E-state index in [1.165, 1.54) is 16.3 Å². The molecule has 90 valence electrons. The molecule has 0 spiro atoms. The Kier molecular flexibility index (Phi) is 4.07. The summed E-state index contributed by atoms with van der Waals surface area (Å²) in [5.74, 6) is 0. The van der Waals surface area contributed by atoms with E-state index in [4.69, 9.17) is 0 Å². The van der Waals surface area contributed by atoms with Gasteiger partial charge in [0.05, 0.1) is 0 Å². The number of nitrogens with one attached hydrogen (secondary N) is 1. The molecule has 1 heterocycles. The van der Waals surface area contributed by atoms with Crippen molar-refractivity contribution < 1.29 is 0 Å². The van der Waals surface area contributed by atoms with Gasteiger partial charge in [0.25, 0.3) is 0 Å². The summed E-state index contributed by atoms with van der Waals surface area (Å²) in [6.45, 7) is 3.00. The van der Waals surface area contributed by atoms with E-state index < -0.39 is 0 Å². The lowest BCUT2D eigenvalue weighted by Gasteiger charge is -2.10. The van der Waals surface area contributed by atoms with Crippen LogP contribution in [0, 0.1) is 0 Å². The van der Waals surface area contributed by atoms with Crippen LogP contribution in [0.4, 0.5) is 0 Å². The predicted molar refractivity (Wildman–Crippen MR) is 72.0 cm³/mol. The minimum atomic E-state index is 0.923. The molecule has 0 bridgehead atoms. The van der Waals surface area contributed by atoms with Gasteiger partial charge in [-0.05, 0) is 37.2 Å². The summed E-state index contributed by atoms with van der Waals surface area (Å²) in [6.07, 6.45) is 3.74. The normalized spacial score (nSPS) is 11.2. The van der Waals surface area contributed by atoms with Crippen LogP contribution in [0.1, 0.15) is 5.56 Å². The highest BCUT2D eigenvalue weighted by molar-refractivity contribution is 5.81. The molecule has 2 aromatic rings. The van der Waals surface area contributed by atoms with Gasteiger partial charge in [-0.25, -0.2) is 0 Å². The third kappa shape index (κ3) is 3.51. The van der Waals surface area contributed by atoms with Crippen LogP contribution >= 0.6 is 0 Å². The Morgan fingerprint density at radius 2 is 2.06 bits per heavy atom. The van der Waals surface area contributed by atoms with Crippen LogP contribution in [0.3, 0.4) is 0 Å². The van der Waals surface area contributed by atoms with Crippen molar-refractivity contribution in [3.8, 4) is 0 Å². The molecule has 0 atom stereocenters. The van der Waals surface area contributed by atoms with Gasteiger partial charge in [-0.15, -0.1) is 0 Å². The molecule has 0 aliphatic rings. The first-order valence-corrected chi connectivity index (χ1v) is 5.94.